The molecule has 0 bridgehead atoms. The fourth-order valence-electron chi connectivity index (χ4n) is 1.38. The van der Waals surface area contributed by atoms with Gasteiger partial charge in [-0.3, -0.25) is 0 Å². The normalized spacial score (nSPS) is 13.9. The highest BCUT2D eigenvalue weighted by Gasteiger charge is 2.11. The molecule has 72 valence electrons. The number of hydrogen-bond acceptors (Lipinski definition) is 0. The van der Waals surface area contributed by atoms with Gasteiger partial charge in [0.05, 0.1) is 0 Å². The van der Waals surface area contributed by atoms with Crippen LogP contribution in [-0.2, 0) is 0 Å². The summed E-state index contributed by atoms with van der Waals surface area (Å²) in [6.45, 7) is 12.6. The Labute approximate surface area is 78.4 Å². The topological polar surface area (TPSA) is 0 Å². The largest absolute Gasteiger partial charge is 0.103 e. The summed E-state index contributed by atoms with van der Waals surface area (Å²) >= 11 is 0. The van der Waals surface area contributed by atoms with Crippen molar-refractivity contribution in [2.45, 2.75) is 41.5 Å². The second kappa shape index (κ2) is 7.15. The Morgan fingerprint density at radius 3 is 2.17 bits per heavy atom. The van der Waals surface area contributed by atoms with E-state index in [2.05, 4.69) is 40.3 Å². The zero-order valence-corrected chi connectivity index (χ0v) is 8.22. The number of rotatable bonds is 4. The van der Waals surface area contributed by atoms with Crippen LogP contribution in [0.25, 0.3) is 0 Å². The molecule has 0 aliphatic heterocycles. The van der Waals surface area contributed by atoms with Crippen molar-refractivity contribution in [1.29, 1.82) is 0 Å². The molecule has 1 atom stereocenters. The lowest BCUT2D eigenvalue weighted by Gasteiger charge is -2.19. The standard InChI is InChI=1S/C11H20.CH4/c1-6-8-11(9(3)4)10(5)7-2;/h6-7,9,11H,1,8H2,2-5H3;1H4/b10-7+;/t11-;/m0./s1. The highest BCUT2D eigenvalue weighted by Crippen LogP contribution is 2.23. The summed E-state index contributed by atoms with van der Waals surface area (Å²) in [5.41, 5.74) is 1.49. The molecule has 0 nitrogen and oxygen atoms in total. The Bertz CT molecular complexity index is 140. The van der Waals surface area contributed by atoms with E-state index in [1.165, 1.54) is 5.57 Å². The monoisotopic (exact) mass is 168 g/mol. The Hall–Kier alpha value is -0.520. The highest BCUT2D eigenvalue weighted by atomic mass is 14.2. The molecule has 0 aliphatic rings. The van der Waals surface area contributed by atoms with Gasteiger partial charge in [-0.15, -0.1) is 6.58 Å². The van der Waals surface area contributed by atoms with E-state index in [-0.39, 0.29) is 7.43 Å². The SMILES string of the molecule is C.C=CC[C@H](/C(C)=C/C)C(C)C. The van der Waals surface area contributed by atoms with Crippen molar-refractivity contribution in [2.24, 2.45) is 11.8 Å². The first kappa shape index (κ1) is 14.0. The summed E-state index contributed by atoms with van der Waals surface area (Å²) in [5, 5.41) is 0. The molecular weight excluding hydrogens is 144 g/mol. The molecule has 0 amide bonds. The summed E-state index contributed by atoms with van der Waals surface area (Å²) in [6.07, 6.45) is 5.32. The van der Waals surface area contributed by atoms with Crippen LogP contribution in [0.5, 0.6) is 0 Å². The maximum atomic E-state index is 3.77. The molecule has 0 saturated carbocycles. The fraction of sp³-hybridized carbons (Fsp3) is 0.667. The van der Waals surface area contributed by atoms with Crippen molar-refractivity contribution < 1.29 is 0 Å². The van der Waals surface area contributed by atoms with Crippen LogP contribution in [0.4, 0.5) is 0 Å². The van der Waals surface area contributed by atoms with Crippen molar-refractivity contribution in [3.63, 3.8) is 0 Å². The zero-order valence-electron chi connectivity index (χ0n) is 8.22. The van der Waals surface area contributed by atoms with Crippen LogP contribution in [0.15, 0.2) is 24.3 Å². The first-order valence-electron chi connectivity index (χ1n) is 4.37. The van der Waals surface area contributed by atoms with Gasteiger partial charge in [0.25, 0.3) is 0 Å². The zero-order chi connectivity index (χ0) is 8.85. The third-order valence-corrected chi connectivity index (χ3v) is 2.27. The molecule has 0 aromatic rings. The summed E-state index contributed by atoms with van der Waals surface area (Å²) in [5.74, 6) is 1.42. The van der Waals surface area contributed by atoms with E-state index >= 15 is 0 Å². The molecule has 0 aliphatic carbocycles. The molecule has 0 saturated heterocycles. The van der Waals surface area contributed by atoms with Gasteiger partial charge in [-0.2, -0.15) is 0 Å². The summed E-state index contributed by atoms with van der Waals surface area (Å²) in [4.78, 5) is 0. The molecule has 0 heteroatoms. The van der Waals surface area contributed by atoms with Gasteiger partial charge in [0.2, 0.25) is 0 Å². The third-order valence-electron chi connectivity index (χ3n) is 2.27. The van der Waals surface area contributed by atoms with Gasteiger partial charge in [-0.05, 0) is 32.1 Å². The Balaban J connectivity index is 0. The second-order valence-electron chi connectivity index (χ2n) is 3.41. The molecule has 0 fully saturated rings. The van der Waals surface area contributed by atoms with E-state index in [1.54, 1.807) is 0 Å². The van der Waals surface area contributed by atoms with E-state index < -0.39 is 0 Å². The number of hydrogen-bond donors (Lipinski definition) is 0. The Morgan fingerprint density at radius 2 is 1.92 bits per heavy atom. The quantitative estimate of drug-likeness (QED) is 0.544. The highest BCUT2D eigenvalue weighted by molar-refractivity contribution is 5.04. The molecule has 0 radical (unpaired) electrons. The smallest absolute Gasteiger partial charge is 0.0149 e. The molecule has 0 rings (SSSR count). The van der Waals surface area contributed by atoms with Gasteiger partial charge in [0, 0.05) is 0 Å². The minimum atomic E-state index is 0. The van der Waals surface area contributed by atoms with Crippen molar-refractivity contribution in [2.75, 3.05) is 0 Å². The third kappa shape index (κ3) is 4.38. The average Bonchev–Trinajstić information content (AvgIpc) is 1.98. The van der Waals surface area contributed by atoms with E-state index in [9.17, 15) is 0 Å². The van der Waals surface area contributed by atoms with Crippen molar-refractivity contribution in [3.8, 4) is 0 Å². The van der Waals surface area contributed by atoms with Gasteiger partial charge >= 0.3 is 0 Å². The van der Waals surface area contributed by atoms with Gasteiger partial charge in [0.1, 0.15) is 0 Å². The van der Waals surface area contributed by atoms with E-state index in [4.69, 9.17) is 0 Å². The molecule has 0 N–H and O–H groups in total. The predicted octanol–water partition coefficient (Wildman–Crippen LogP) is 4.44. The maximum absolute atomic E-state index is 3.77. The molecule has 0 heterocycles. The van der Waals surface area contributed by atoms with Crippen LogP contribution in [0.1, 0.15) is 41.5 Å². The lowest BCUT2D eigenvalue weighted by molar-refractivity contribution is 0.447. The predicted molar refractivity (Wildman–Crippen MR) is 59.3 cm³/mol. The van der Waals surface area contributed by atoms with Crippen molar-refractivity contribution in [1.82, 2.24) is 0 Å². The number of allylic oxidation sites excluding steroid dienone is 3. The Morgan fingerprint density at radius 1 is 1.42 bits per heavy atom. The van der Waals surface area contributed by atoms with E-state index in [1.807, 2.05) is 6.08 Å². The fourth-order valence-corrected chi connectivity index (χ4v) is 1.38. The second-order valence-corrected chi connectivity index (χ2v) is 3.41. The molecule has 12 heavy (non-hydrogen) atoms. The minimum Gasteiger partial charge on any atom is -0.103 e. The van der Waals surface area contributed by atoms with Crippen LogP contribution in [0, 0.1) is 11.8 Å². The maximum Gasteiger partial charge on any atom is -0.0149 e. The average molecular weight is 168 g/mol. The molecule has 0 spiro atoms. The Kier molecular flexibility index (Phi) is 8.36. The first-order chi connectivity index (χ1) is 5.13. The molecule has 0 unspecified atom stereocenters. The molecular formula is C12H24. The lowest BCUT2D eigenvalue weighted by atomic mass is 9.86. The van der Waals surface area contributed by atoms with Crippen LogP contribution in [0.2, 0.25) is 0 Å². The van der Waals surface area contributed by atoms with Gasteiger partial charge in [-0.1, -0.05) is 39.0 Å². The minimum absolute atomic E-state index is 0. The van der Waals surface area contributed by atoms with Gasteiger partial charge in [-0.25, -0.2) is 0 Å². The van der Waals surface area contributed by atoms with Crippen LogP contribution < -0.4 is 0 Å². The molecule has 0 aromatic heterocycles. The van der Waals surface area contributed by atoms with Gasteiger partial charge < -0.3 is 0 Å². The van der Waals surface area contributed by atoms with Crippen LogP contribution in [0.3, 0.4) is 0 Å². The van der Waals surface area contributed by atoms with Crippen molar-refractivity contribution >= 4 is 0 Å². The first-order valence-corrected chi connectivity index (χ1v) is 4.37. The van der Waals surface area contributed by atoms with E-state index in [0.29, 0.717) is 5.92 Å². The van der Waals surface area contributed by atoms with E-state index in [0.717, 1.165) is 12.3 Å². The van der Waals surface area contributed by atoms with Crippen LogP contribution in [-0.4, -0.2) is 0 Å². The van der Waals surface area contributed by atoms with Crippen LogP contribution >= 0.6 is 0 Å². The summed E-state index contributed by atoms with van der Waals surface area (Å²) < 4.78 is 0. The summed E-state index contributed by atoms with van der Waals surface area (Å²) in [6, 6.07) is 0. The summed E-state index contributed by atoms with van der Waals surface area (Å²) in [7, 11) is 0. The van der Waals surface area contributed by atoms with Crippen molar-refractivity contribution in [3.05, 3.63) is 24.3 Å². The van der Waals surface area contributed by atoms with Gasteiger partial charge in [0.15, 0.2) is 0 Å². The lowest BCUT2D eigenvalue weighted by Crippen LogP contribution is -2.08. The molecule has 0 aromatic carbocycles.